The quantitative estimate of drug-likeness (QED) is 0.600. The van der Waals surface area contributed by atoms with Crippen LogP contribution in [0.2, 0.25) is 5.02 Å². The molecule has 0 spiro atoms. The van der Waals surface area contributed by atoms with Gasteiger partial charge in [0.1, 0.15) is 5.60 Å². The Labute approximate surface area is 165 Å². The van der Waals surface area contributed by atoms with E-state index >= 15 is 0 Å². The first kappa shape index (κ1) is 20.6. The molecule has 0 saturated carbocycles. The summed E-state index contributed by atoms with van der Waals surface area (Å²) in [5, 5.41) is 7.35. The van der Waals surface area contributed by atoms with Crippen molar-refractivity contribution in [3.05, 3.63) is 29.3 Å². The number of hydrogen-bond donors (Lipinski definition) is 2. The van der Waals surface area contributed by atoms with E-state index in [1.807, 2.05) is 39.0 Å². The van der Waals surface area contributed by atoms with Gasteiger partial charge in [-0.2, -0.15) is 0 Å². The lowest BCUT2D eigenvalue weighted by molar-refractivity contribution is 0.0529. The Kier molecular flexibility index (Phi) is 7.34. The number of anilines is 1. The van der Waals surface area contributed by atoms with Crippen LogP contribution in [-0.2, 0) is 4.74 Å². The molecule has 1 aliphatic heterocycles. The third-order valence-electron chi connectivity index (χ3n) is 3.81. The van der Waals surface area contributed by atoms with Crippen LogP contribution in [0.5, 0.6) is 0 Å². The minimum atomic E-state index is -0.491. The van der Waals surface area contributed by atoms with Gasteiger partial charge in [0.2, 0.25) is 0 Å². The van der Waals surface area contributed by atoms with Gasteiger partial charge in [-0.1, -0.05) is 17.7 Å². The van der Waals surface area contributed by atoms with Crippen molar-refractivity contribution in [1.29, 1.82) is 0 Å². The van der Waals surface area contributed by atoms with Gasteiger partial charge in [0.15, 0.2) is 5.11 Å². The minimum Gasteiger partial charge on any atom is -0.444 e. The van der Waals surface area contributed by atoms with Crippen molar-refractivity contribution in [2.24, 2.45) is 0 Å². The number of benzene rings is 1. The number of thiocarbonyl (C=S) groups is 1. The molecule has 1 aromatic carbocycles. The molecule has 0 aliphatic carbocycles. The molecular weight excluding hydrogens is 372 g/mol. The number of nitrogens with zero attached hydrogens (tertiary/aromatic N) is 2. The second-order valence-electron chi connectivity index (χ2n) is 7.11. The van der Waals surface area contributed by atoms with E-state index in [4.69, 9.17) is 28.6 Å². The summed E-state index contributed by atoms with van der Waals surface area (Å²) in [6.07, 6.45) is -0.416. The topological polar surface area (TPSA) is 56.8 Å². The summed E-state index contributed by atoms with van der Waals surface area (Å²) in [5.74, 6) is 0. The van der Waals surface area contributed by atoms with Crippen LogP contribution in [0.3, 0.4) is 0 Å². The molecule has 0 unspecified atom stereocenters. The summed E-state index contributed by atoms with van der Waals surface area (Å²) in [6, 6.07) is 7.90. The molecule has 0 aromatic heterocycles. The third-order valence-corrected chi connectivity index (χ3v) is 4.45. The summed E-state index contributed by atoms with van der Waals surface area (Å²) in [5.41, 5.74) is 0.646. The Hall–Kier alpha value is -1.73. The normalized spacial score (nSPS) is 14.8. The van der Waals surface area contributed by atoms with Crippen LogP contribution in [0.1, 0.15) is 20.8 Å². The third kappa shape index (κ3) is 6.88. The van der Waals surface area contributed by atoms with Gasteiger partial charge in [0, 0.05) is 50.0 Å². The fourth-order valence-corrected chi connectivity index (χ4v) is 3.07. The molecule has 6 nitrogen and oxygen atoms in total. The highest BCUT2D eigenvalue weighted by Crippen LogP contribution is 2.20. The van der Waals surface area contributed by atoms with E-state index in [1.54, 1.807) is 0 Å². The highest BCUT2D eigenvalue weighted by atomic mass is 35.5. The zero-order chi connectivity index (χ0) is 19.2. The standard InChI is InChI=1S/C18H27ClN4O2S/c1-18(2,3)25-17(24)21-8-7-20-16(26)23-11-9-22(10-12-23)15-6-4-5-14(19)13-15/h4-6,13H,7-12H2,1-3H3,(H,20,26)(H,21,24). The Balaban J connectivity index is 1.66. The van der Waals surface area contributed by atoms with Gasteiger partial charge >= 0.3 is 6.09 Å². The smallest absolute Gasteiger partial charge is 0.407 e. The van der Waals surface area contributed by atoms with Crippen molar-refractivity contribution in [2.75, 3.05) is 44.2 Å². The number of rotatable bonds is 4. The van der Waals surface area contributed by atoms with Gasteiger partial charge in [-0.25, -0.2) is 4.79 Å². The first-order valence-electron chi connectivity index (χ1n) is 8.75. The molecule has 1 aliphatic rings. The Morgan fingerprint density at radius 2 is 1.85 bits per heavy atom. The summed E-state index contributed by atoms with van der Waals surface area (Å²) < 4.78 is 5.19. The number of alkyl carbamates (subject to hydrolysis) is 1. The van der Waals surface area contributed by atoms with Crippen molar-refractivity contribution in [3.8, 4) is 0 Å². The molecule has 8 heteroatoms. The number of amides is 1. The van der Waals surface area contributed by atoms with Crippen molar-refractivity contribution >= 4 is 40.7 Å². The molecule has 26 heavy (non-hydrogen) atoms. The molecular formula is C18H27ClN4O2S. The molecule has 1 heterocycles. The van der Waals surface area contributed by atoms with E-state index < -0.39 is 11.7 Å². The van der Waals surface area contributed by atoms with E-state index in [0.717, 1.165) is 36.9 Å². The lowest BCUT2D eigenvalue weighted by Gasteiger charge is -2.37. The summed E-state index contributed by atoms with van der Waals surface area (Å²) >= 11 is 11.5. The van der Waals surface area contributed by atoms with Crippen molar-refractivity contribution in [2.45, 2.75) is 26.4 Å². The van der Waals surface area contributed by atoms with Gasteiger partial charge in [-0.3, -0.25) is 0 Å². The maximum atomic E-state index is 11.6. The van der Waals surface area contributed by atoms with Crippen LogP contribution >= 0.6 is 23.8 Å². The molecule has 1 aromatic rings. The van der Waals surface area contributed by atoms with E-state index in [0.29, 0.717) is 18.2 Å². The predicted octanol–water partition coefficient (Wildman–Crippen LogP) is 2.86. The molecule has 2 rings (SSSR count). The van der Waals surface area contributed by atoms with E-state index in [-0.39, 0.29) is 0 Å². The predicted molar refractivity (Wildman–Crippen MR) is 110 cm³/mol. The number of nitrogens with one attached hydrogen (secondary N) is 2. The second-order valence-corrected chi connectivity index (χ2v) is 7.94. The van der Waals surface area contributed by atoms with Crippen LogP contribution in [0.4, 0.5) is 10.5 Å². The highest BCUT2D eigenvalue weighted by Gasteiger charge is 2.19. The largest absolute Gasteiger partial charge is 0.444 e. The molecule has 1 fully saturated rings. The summed E-state index contributed by atoms with van der Waals surface area (Å²) in [4.78, 5) is 16.0. The van der Waals surface area contributed by atoms with E-state index in [1.165, 1.54) is 0 Å². The number of hydrogen-bond acceptors (Lipinski definition) is 4. The average molecular weight is 399 g/mol. The Morgan fingerprint density at radius 3 is 2.46 bits per heavy atom. The van der Waals surface area contributed by atoms with E-state index in [2.05, 4.69) is 26.5 Å². The number of piperazine rings is 1. The van der Waals surface area contributed by atoms with Crippen LogP contribution in [0.25, 0.3) is 0 Å². The van der Waals surface area contributed by atoms with Gasteiger partial charge < -0.3 is 25.2 Å². The maximum Gasteiger partial charge on any atom is 0.407 e. The molecule has 0 atom stereocenters. The number of carbonyl (C=O) groups excluding carboxylic acids is 1. The first-order valence-corrected chi connectivity index (χ1v) is 9.53. The van der Waals surface area contributed by atoms with Crippen LogP contribution in [0, 0.1) is 0 Å². The van der Waals surface area contributed by atoms with Crippen LogP contribution in [-0.4, -0.2) is 61.0 Å². The lowest BCUT2D eigenvalue weighted by atomic mass is 10.2. The number of halogens is 1. The molecule has 2 N–H and O–H groups in total. The fourth-order valence-electron chi connectivity index (χ4n) is 2.60. The number of carbonyl (C=O) groups is 1. The molecule has 0 bridgehead atoms. The first-order chi connectivity index (χ1) is 12.2. The van der Waals surface area contributed by atoms with Crippen molar-refractivity contribution in [1.82, 2.24) is 15.5 Å². The van der Waals surface area contributed by atoms with Gasteiger partial charge in [-0.15, -0.1) is 0 Å². The lowest BCUT2D eigenvalue weighted by Crippen LogP contribution is -2.52. The van der Waals surface area contributed by atoms with Crippen LogP contribution in [0.15, 0.2) is 24.3 Å². The minimum absolute atomic E-state index is 0.416. The maximum absolute atomic E-state index is 11.6. The molecule has 0 radical (unpaired) electrons. The summed E-state index contributed by atoms with van der Waals surface area (Å²) in [6.45, 7) is 9.99. The Bertz CT molecular complexity index is 628. The van der Waals surface area contributed by atoms with Gasteiger partial charge in [-0.05, 0) is 51.2 Å². The summed E-state index contributed by atoms with van der Waals surface area (Å²) in [7, 11) is 0. The monoisotopic (exact) mass is 398 g/mol. The van der Waals surface area contributed by atoms with Crippen LogP contribution < -0.4 is 15.5 Å². The molecule has 1 saturated heterocycles. The molecule has 144 valence electrons. The molecule has 1 amide bonds. The second kappa shape index (κ2) is 9.28. The van der Waals surface area contributed by atoms with Gasteiger partial charge in [0.25, 0.3) is 0 Å². The Morgan fingerprint density at radius 1 is 1.19 bits per heavy atom. The SMILES string of the molecule is CC(C)(C)OC(=O)NCCNC(=S)N1CCN(c2cccc(Cl)c2)CC1. The van der Waals surface area contributed by atoms with E-state index in [9.17, 15) is 4.79 Å². The zero-order valence-corrected chi connectivity index (χ0v) is 17.1. The zero-order valence-electron chi connectivity index (χ0n) is 15.5. The fraction of sp³-hybridized carbons (Fsp3) is 0.556. The van der Waals surface area contributed by atoms with Crippen molar-refractivity contribution in [3.63, 3.8) is 0 Å². The van der Waals surface area contributed by atoms with Crippen molar-refractivity contribution < 1.29 is 9.53 Å². The van der Waals surface area contributed by atoms with Gasteiger partial charge in [0.05, 0.1) is 0 Å². The average Bonchev–Trinajstić information content (AvgIpc) is 2.57. The number of ether oxygens (including phenoxy) is 1. The highest BCUT2D eigenvalue weighted by molar-refractivity contribution is 7.80.